The van der Waals surface area contributed by atoms with Gasteiger partial charge in [0.25, 0.3) is 5.91 Å². The summed E-state index contributed by atoms with van der Waals surface area (Å²) in [5.74, 6) is -0.755. The fraction of sp³-hybridized carbons (Fsp3) is 0.167. The molecule has 0 saturated heterocycles. The molecule has 0 radical (unpaired) electrons. The molecule has 136 valence electrons. The zero-order valence-electron chi connectivity index (χ0n) is 14.4. The van der Waals surface area contributed by atoms with Crippen molar-refractivity contribution in [2.24, 2.45) is 5.10 Å². The number of halogens is 1. The summed E-state index contributed by atoms with van der Waals surface area (Å²) in [6.45, 7) is 1.26. The molecule has 0 aliphatic carbocycles. The van der Waals surface area contributed by atoms with Crippen LogP contribution in [0.3, 0.4) is 0 Å². The predicted molar refractivity (Wildman–Crippen MR) is 92.3 cm³/mol. The third kappa shape index (κ3) is 4.79. The zero-order valence-corrected chi connectivity index (χ0v) is 14.4. The molecule has 0 unspecified atom stereocenters. The highest BCUT2D eigenvalue weighted by molar-refractivity contribution is 5.95. The summed E-state index contributed by atoms with van der Waals surface area (Å²) in [7, 11) is 2.83. The molecule has 0 bridgehead atoms. The predicted octanol–water partition coefficient (Wildman–Crippen LogP) is 2.53. The summed E-state index contributed by atoms with van der Waals surface area (Å²) in [5, 5.41) is 3.84. The van der Waals surface area contributed by atoms with Crippen molar-refractivity contribution in [1.29, 1.82) is 0 Å². The number of hydrogen-bond donors (Lipinski definition) is 1. The van der Waals surface area contributed by atoms with Crippen LogP contribution in [0, 0.1) is 5.82 Å². The van der Waals surface area contributed by atoms with Crippen molar-refractivity contribution >= 4 is 18.1 Å². The van der Waals surface area contributed by atoms with Crippen LogP contribution in [-0.2, 0) is 4.79 Å². The fourth-order valence-electron chi connectivity index (χ4n) is 2.05. The van der Waals surface area contributed by atoms with E-state index in [0.29, 0.717) is 5.56 Å². The summed E-state index contributed by atoms with van der Waals surface area (Å²) in [4.78, 5) is 23.1. The monoisotopic (exact) mass is 360 g/mol. The first-order valence-electron chi connectivity index (χ1n) is 7.48. The van der Waals surface area contributed by atoms with E-state index in [4.69, 9.17) is 14.2 Å². The van der Waals surface area contributed by atoms with Crippen LogP contribution in [-0.4, -0.2) is 32.3 Å². The fourth-order valence-corrected chi connectivity index (χ4v) is 2.05. The van der Waals surface area contributed by atoms with Gasteiger partial charge >= 0.3 is 5.97 Å². The van der Waals surface area contributed by atoms with Gasteiger partial charge in [-0.25, -0.2) is 9.82 Å². The molecule has 2 aromatic carbocycles. The Bertz CT molecular complexity index is 809. The lowest BCUT2D eigenvalue weighted by Gasteiger charge is -2.13. The highest BCUT2D eigenvalue weighted by Gasteiger charge is 2.15. The van der Waals surface area contributed by atoms with Crippen LogP contribution < -0.4 is 19.6 Å². The molecule has 0 heterocycles. The third-order valence-corrected chi connectivity index (χ3v) is 3.21. The quantitative estimate of drug-likeness (QED) is 0.370. The molecule has 0 aliphatic rings. The summed E-state index contributed by atoms with van der Waals surface area (Å²) in [5.41, 5.74) is 3.13. The van der Waals surface area contributed by atoms with Crippen LogP contribution in [0.15, 0.2) is 41.5 Å². The maximum Gasteiger partial charge on any atom is 0.308 e. The Morgan fingerprint density at radius 2 is 1.65 bits per heavy atom. The van der Waals surface area contributed by atoms with Crippen LogP contribution in [0.1, 0.15) is 22.8 Å². The Labute approximate surface area is 149 Å². The lowest BCUT2D eigenvalue weighted by atomic mass is 10.2. The van der Waals surface area contributed by atoms with E-state index >= 15 is 0 Å². The molecule has 26 heavy (non-hydrogen) atoms. The Morgan fingerprint density at radius 1 is 1.08 bits per heavy atom. The highest BCUT2D eigenvalue weighted by Crippen LogP contribution is 2.38. The molecule has 8 heteroatoms. The number of nitrogens with zero attached hydrogens (tertiary/aromatic N) is 1. The molecule has 0 aromatic heterocycles. The average molecular weight is 360 g/mol. The number of esters is 1. The van der Waals surface area contributed by atoms with Gasteiger partial charge in [0.15, 0.2) is 11.5 Å². The van der Waals surface area contributed by atoms with E-state index in [1.54, 1.807) is 12.1 Å². The van der Waals surface area contributed by atoms with Crippen LogP contribution >= 0.6 is 0 Å². The SMILES string of the molecule is COc1cc(/C=N/NC(=O)c2ccc(F)cc2)cc(OC)c1OC(C)=O. The Morgan fingerprint density at radius 3 is 2.15 bits per heavy atom. The van der Waals surface area contributed by atoms with Gasteiger partial charge in [0.1, 0.15) is 5.82 Å². The number of carbonyl (C=O) groups is 2. The van der Waals surface area contributed by atoms with Gasteiger partial charge in [-0.05, 0) is 36.4 Å². The minimum absolute atomic E-state index is 0.148. The van der Waals surface area contributed by atoms with Gasteiger partial charge in [0, 0.05) is 18.1 Å². The van der Waals surface area contributed by atoms with E-state index in [0.717, 1.165) is 0 Å². The van der Waals surface area contributed by atoms with Crippen molar-refractivity contribution in [2.75, 3.05) is 14.2 Å². The van der Waals surface area contributed by atoms with Gasteiger partial charge < -0.3 is 14.2 Å². The molecule has 1 amide bonds. The molecule has 0 fully saturated rings. The van der Waals surface area contributed by atoms with Crippen molar-refractivity contribution in [2.45, 2.75) is 6.92 Å². The first kappa shape index (κ1) is 18.9. The lowest BCUT2D eigenvalue weighted by molar-refractivity contribution is -0.132. The van der Waals surface area contributed by atoms with E-state index in [9.17, 15) is 14.0 Å². The smallest absolute Gasteiger partial charge is 0.308 e. The third-order valence-electron chi connectivity index (χ3n) is 3.21. The Kier molecular flexibility index (Phi) is 6.26. The second-order valence-electron chi connectivity index (χ2n) is 5.05. The second kappa shape index (κ2) is 8.61. The molecule has 0 spiro atoms. The zero-order chi connectivity index (χ0) is 19.1. The van der Waals surface area contributed by atoms with Gasteiger partial charge in [-0.2, -0.15) is 5.10 Å². The maximum atomic E-state index is 12.9. The van der Waals surface area contributed by atoms with E-state index in [2.05, 4.69) is 10.5 Å². The number of hydrazone groups is 1. The number of nitrogens with one attached hydrogen (secondary N) is 1. The molecule has 0 aliphatic heterocycles. The van der Waals surface area contributed by atoms with Gasteiger partial charge in [-0.1, -0.05) is 0 Å². The number of hydrogen-bond acceptors (Lipinski definition) is 6. The molecule has 7 nitrogen and oxygen atoms in total. The van der Waals surface area contributed by atoms with Crippen LogP contribution in [0.25, 0.3) is 0 Å². The number of amides is 1. The van der Waals surface area contributed by atoms with Crippen molar-refractivity contribution < 1.29 is 28.2 Å². The topological polar surface area (TPSA) is 86.2 Å². The van der Waals surface area contributed by atoms with Gasteiger partial charge in [-0.15, -0.1) is 0 Å². The van der Waals surface area contributed by atoms with E-state index < -0.39 is 17.7 Å². The van der Waals surface area contributed by atoms with Crippen molar-refractivity contribution in [3.63, 3.8) is 0 Å². The molecule has 2 rings (SSSR count). The van der Waals surface area contributed by atoms with E-state index in [1.165, 1.54) is 51.6 Å². The molecule has 0 saturated carbocycles. The summed E-state index contributed by atoms with van der Waals surface area (Å²) in [6, 6.07) is 8.19. The maximum absolute atomic E-state index is 12.9. The number of ether oxygens (including phenoxy) is 3. The van der Waals surface area contributed by atoms with Crippen LogP contribution in [0.4, 0.5) is 4.39 Å². The summed E-state index contributed by atoms with van der Waals surface area (Å²) in [6.07, 6.45) is 1.37. The number of benzene rings is 2. The van der Waals surface area contributed by atoms with Crippen LogP contribution in [0.2, 0.25) is 0 Å². The van der Waals surface area contributed by atoms with Crippen molar-refractivity contribution in [3.05, 3.63) is 53.3 Å². The molecule has 1 N–H and O–H groups in total. The first-order chi connectivity index (χ1) is 12.4. The highest BCUT2D eigenvalue weighted by atomic mass is 19.1. The second-order valence-corrected chi connectivity index (χ2v) is 5.05. The molecule has 2 aromatic rings. The number of rotatable bonds is 6. The molecular weight excluding hydrogens is 343 g/mol. The Hall–Kier alpha value is -3.42. The van der Waals surface area contributed by atoms with Gasteiger partial charge in [-0.3, -0.25) is 9.59 Å². The Balaban J connectivity index is 2.17. The largest absolute Gasteiger partial charge is 0.493 e. The van der Waals surface area contributed by atoms with Crippen molar-refractivity contribution in [1.82, 2.24) is 5.43 Å². The lowest BCUT2D eigenvalue weighted by Crippen LogP contribution is -2.17. The van der Waals surface area contributed by atoms with Crippen molar-refractivity contribution in [3.8, 4) is 17.2 Å². The summed E-state index contributed by atoms with van der Waals surface area (Å²) >= 11 is 0. The van der Waals surface area contributed by atoms with Gasteiger partial charge in [0.2, 0.25) is 5.75 Å². The number of methoxy groups -OCH3 is 2. The normalized spacial score (nSPS) is 10.5. The van der Waals surface area contributed by atoms with Gasteiger partial charge in [0.05, 0.1) is 20.4 Å². The first-order valence-corrected chi connectivity index (χ1v) is 7.48. The standard InChI is InChI=1S/C18H17FN2O5/c1-11(22)26-17-15(24-2)8-12(9-16(17)25-3)10-20-21-18(23)13-4-6-14(19)7-5-13/h4-10H,1-3H3,(H,21,23)/b20-10+. The van der Waals surface area contributed by atoms with E-state index in [1.807, 2.05) is 0 Å². The number of carbonyl (C=O) groups excluding carboxylic acids is 2. The minimum Gasteiger partial charge on any atom is -0.493 e. The summed E-state index contributed by atoms with van der Waals surface area (Å²) < 4.78 is 28.3. The molecular formula is C18H17FN2O5. The molecule has 0 atom stereocenters. The average Bonchev–Trinajstić information content (AvgIpc) is 2.62. The van der Waals surface area contributed by atoms with Crippen LogP contribution in [0.5, 0.6) is 17.2 Å². The minimum atomic E-state index is -0.519. The van der Waals surface area contributed by atoms with E-state index in [-0.39, 0.29) is 22.8 Å².